The summed E-state index contributed by atoms with van der Waals surface area (Å²) >= 11 is 5.96. The molecule has 3 N–H and O–H groups in total. The maximum Gasteiger partial charge on any atom is 0.337 e. The maximum atomic E-state index is 11.5. The van der Waals surface area contributed by atoms with E-state index in [9.17, 15) is 15.0 Å². The lowest BCUT2D eigenvalue weighted by Crippen LogP contribution is -2.49. The second-order valence-corrected chi connectivity index (χ2v) is 8.68. The Morgan fingerprint density at radius 2 is 1.77 bits per heavy atom. The van der Waals surface area contributed by atoms with E-state index in [4.69, 9.17) is 11.6 Å². The minimum absolute atomic E-state index is 0.0559. The predicted molar refractivity (Wildman–Crippen MR) is 118 cm³/mol. The van der Waals surface area contributed by atoms with Gasteiger partial charge in [-0.25, -0.2) is 4.79 Å². The van der Waals surface area contributed by atoms with Crippen molar-refractivity contribution in [3.8, 4) is 0 Å². The summed E-state index contributed by atoms with van der Waals surface area (Å²) < 4.78 is 0. The molecule has 2 heterocycles. The number of likely N-dealkylation sites (tertiary alicyclic amines) is 1. The van der Waals surface area contributed by atoms with E-state index in [0.717, 1.165) is 37.5 Å². The first-order valence-corrected chi connectivity index (χ1v) is 10.9. The Labute approximate surface area is 182 Å². The monoisotopic (exact) mass is 429 g/mol. The van der Waals surface area contributed by atoms with Crippen molar-refractivity contribution in [1.29, 1.82) is 0 Å². The molecular weight excluding hydrogens is 402 g/mol. The molecule has 2 aromatic rings. The van der Waals surface area contributed by atoms with Gasteiger partial charge in [-0.15, -0.1) is 0 Å². The van der Waals surface area contributed by atoms with Gasteiger partial charge in [-0.3, -0.25) is 4.90 Å². The summed E-state index contributed by atoms with van der Waals surface area (Å²) in [7, 11) is 0. The second kappa shape index (κ2) is 9.35. The van der Waals surface area contributed by atoms with Gasteiger partial charge >= 0.3 is 5.97 Å². The molecule has 2 aromatic carbocycles. The molecule has 2 fully saturated rings. The molecule has 2 aliphatic rings. The lowest BCUT2D eigenvalue weighted by atomic mass is 10.0. The van der Waals surface area contributed by atoms with Gasteiger partial charge in [-0.05, 0) is 55.8 Å². The number of rotatable bonds is 6. The number of benzene rings is 2. The van der Waals surface area contributed by atoms with Crippen LogP contribution < -0.4 is 10.2 Å². The largest absolute Gasteiger partial charge is 0.478 e. The van der Waals surface area contributed by atoms with Gasteiger partial charge in [0.25, 0.3) is 0 Å². The van der Waals surface area contributed by atoms with Crippen LogP contribution in [0.2, 0.25) is 5.02 Å². The molecule has 6 nitrogen and oxygen atoms in total. The smallest absolute Gasteiger partial charge is 0.337 e. The first kappa shape index (κ1) is 21.1. The van der Waals surface area contributed by atoms with E-state index in [1.165, 1.54) is 5.56 Å². The first-order valence-electron chi connectivity index (χ1n) is 10.5. The van der Waals surface area contributed by atoms with Gasteiger partial charge in [-0.2, -0.15) is 0 Å². The topological polar surface area (TPSA) is 76.0 Å². The van der Waals surface area contributed by atoms with E-state index < -0.39 is 12.1 Å². The standard InChI is InChI=1S/C23H28ClN3O3/c24-17-7-5-16(6-8-17)13-26-11-9-18(10-12-26)25-20-14-27(15-22(20)28)21-4-2-1-3-19(21)23(29)30/h1-8,18,20,22,25,28H,9-15H2,(H,29,30). The third kappa shape index (κ3) is 4.95. The Morgan fingerprint density at radius 1 is 1.07 bits per heavy atom. The number of β-amino-alcohol motifs (C(OH)–C–C–N with tert-alkyl or cyclic N) is 1. The Morgan fingerprint density at radius 3 is 2.47 bits per heavy atom. The van der Waals surface area contributed by atoms with Gasteiger partial charge < -0.3 is 20.4 Å². The number of aromatic carboxylic acids is 1. The van der Waals surface area contributed by atoms with Crippen LogP contribution >= 0.6 is 11.6 Å². The predicted octanol–water partition coefficient (Wildman–Crippen LogP) is 2.84. The minimum atomic E-state index is -0.940. The molecule has 2 atom stereocenters. The Kier molecular flexibility index (Phi) is 6.58. The lowest BCUT2D eigenvalue weighted by molar-refractivity contribution is 0.0697. The summed E-state index contributed by atoms with van der Waals surface area (Å²) in [6, 6.07) is 15.3. The van der Waals surface area contributed by atoms with Crippen LogP contribution in [0.25, 0.3) is 0 Å². The van der Waals surface area contributed by atoms with Crippen LogP contribution in [0, 0.1) is 0 Å². The number of nitrogens with zero attached hydrogens (tertiary/aromatic N) is 2. The normalized spacial score (nSPS) is 23.1. The number of carbonyl (C=O) groups is 1. The fraction of sp³-hybridized carbons (Fsp3) is 0.435. The average molecular weight is 430 g/mol. The van der Waals surface area contributed by atoms with Crippen molar-refractivity contribution in [3.05, 3.63) is 64.7 Å². The second-order valence-electron chi connectivity index (χ2n) is 8.24. The number of aliphatic hydroxyl groups excluding tert-OH is 1. The van der Waals surface area contributed by atoms with Gasteiger partial charge in [0.2, 0.25) is 0 Å². The van der Waals surface area contributed by atoms with Crippen LogP contribution in [-0.4, -0.2) is 65.4 Å². The van der Waals surface area contributed by atoms with Crippen LogP contribution in [0.5, 0.6) is 0 Å². The highest BCUT2D eigenvalue weighted by Gasteiger charge is 2.34. The van der Waals surface area contributed by atoms with Crippen LogP contribution in [0.4, 0.5) is 5.69 Å². The quantitative estimate of drug-likeness (QED) is 0.655. The number of hydrogen-bond acceptors (Lipinski definition) is 5. The zero-order valence-corrected chi connectivity index (χ0v) is 17.6. The zero-order valence-electron chi connectivity index (χ0n) is 16.9. The van der Waals surface area contributed by atoms with Crippen LogP contribution in [0.1, 0.15) is 28.8 Å². The summed E-state index contributed by atoms with van der Waals surface area (Å²) in [5, 5.41) is 24.4. The van der Waals surface area contributed by atoms with Crippen LogP contribution in [-0.2, 0) is 6.54 Å². The van der Waals surface area contributed by atoms with Crippen LogP contribution in [0.15, 0.2) is 48.5 Å². The first-order chi connectivity index (χ1) is 14.5. The summed E-state index contributed by atoms with van der Waals surface area (Å²) in [5.74, 6) is -0.940. The van der Waals surface area contributed by atoms with E-state index in [2.05, 4.69) is 22.3 Å². The van der Waals surface area contributed by atoms with Crippen molar-refractivity contribution < 1.29 is 15.0 Å². The molecule has 0 spiro atoms. The van der Waals surface area contributed by atoms with Crippen molar-refractivity contribution in [1.82, 2.24) is 10.2 Å². The molecule has 0 aromatic heterocycles. The maximum absolute atomic E-state index is 11.5. The fourth-order valence-electron chi connectivity index (χ4n) is 4.49. The van der Waals surface area contributed by atoms with Gasteiger partial charge in [-0.1, -0.05) is 35.9 Å². The summed E-state index contributed by atoms with van der Waals surface area (Å²) in [6.45, 7) is 3.99. The molecule has 160 valence electrons. The SMILES string of the molecule is O=C(O)c1ccccc1N1CC(O)C(NC2CCN(Cc3ccc(Cl)cc3)CC2)C1. The number of para-hydroxylation sites is 1. The molecular formula is C23H28ClN3O3. The van der Waals surface area contributed by atoms with Crippen molar-refractivity contribution in [3.63, 3.8) is 0 Å². The molecule has 7 heteroatoms. The van der Waals surface area contributed by atoms with E-state index in [-0.39, 0.29) is 11.6 Å². The summed E-state index contributed by atoms with van der Waals surface area (Å²) in [4.78, 5) is 15.9. The van der Waals surface area contributed by atoms with E-state index in [1.807, 2.05) is 29.2 Å². The molecule has 30 heavy (non-hydrogen) atoms. The van der Waals surface area contributed by atoms with Crippen molar-refractivity contribution in [2.45, 2.75) is 37.6 Å². The average Bonchev–Trinajstić information content (AvgIpc) is 3.11. The molecule has 4 rings (SSSR count). The van der Waals surface area contributed by atoms with Gasteiger partial charge in [0.15, 0.2) is 0 Å². The number of nitrogens with one attached hydrogen (secondary N) is 1. The Hall–Kier alpha value is -2.12. The van der Waals surface area contributed by atoms with Gasteiger partial charge in [0.1, 0.15) is 0 Å². The molecule has 0 amide bonds. The lowest BCUT2D eigenvalue weighted by Gasteiger charge is -2.34. The fourth-order valence-corrected chi connectivity index (χ4v) is 4.61. The Balaban J connectivity index is 1.29. The third-order valence-corrected chi connectivity index (χ3v) is 6.37. The molecule has 0 radical (unpaired) electrons. The highest BCUT2D eigenvalue weighted by molar-refractivity contribution is 6.30. The highest BCUT2D eigenvalue weighted by atomic mass is 35.5. The van der Waals surface area contributed by atoms with Crippen molar-refractivity contribution >= 4 is 23.3 Å². The number of carboxylic acid groups (broad SMARTS) is 1. The zero-order chi connectivity index (χ0) is 21.1. The van der Waals surface area contributed by atoms with E-state index in [1.54, 1.807) is 12.1 Å². The highest BCUT2D eigenvalue weighted by Crippen LogP contribution is 2.26. The molecule has 0 bridgehead atoms. The van der Waals surface area contributed by atoms with Gasteiger partial charge in [0.05, 0.1) is 23.4 Å². The molecule has 2 unspecified atom stereocenters. The number of aliphatic hydroxyl groups is 1. The number of piperidine rings is 1. The van der Waals surface area contributed by atoms with Crippen molar-refractivity contribution in [2.75, 3.05) is 31.1 Å². The number of halogens is 1. The molecule has 2 saturated heterocycles. The minimum Gasteiger partial charge on any atom is -0.478 e. The molecule has 0 saturated carbocycles. The van der Waals surface area contributed by atoms with Crippen LogP contribution in [0.3, 0.4) is 0 Å². The van der Waals surface area contributed by atoms with E-state index >= 15 is 0 Å². The summed E-state index contributed by atoms with van der Waals surface area (Å²) in [6.07, 6.45) is 1.55. The van der Waals surface area contributed by atoms with Crippen molar-refractivity contribution in [2.24, 2.45) is 0 Å². The molecule has 0 aliphatic carbocycles. The van der Waals surface area contributed by atoms with E-state index in [0.29, 0.717) is 24.8 Å². The molecule has 2 aliphatic heterocycles. The Bertz CT molecular complexity index is 868. The number of carboxylic acids is 1. The number of anilines is 1. The number of hydrogen-bond donors (Lipinski definition) is 3. The summed E-state index contributed by atoms with van der Waals surface area (Å²) in [5.41, 5.74) is 2.22. The third-order valence-electron chi connectivity index (χ3n) is 6.12. The van der Waals surface area contributed by atoms with Gasteiger partial charge in [0, 0.05) is 30.7 Å².